The van der Waals surface area contributed by atoms with Gasteiger partial charge in [0.1, 0.15) is 11.6 Å². The molecule has 1 aliphatic heterocycles. The molecule has 0 unspecified atom stereocenters. The number of rotatable bonds is 4. The molecule has 1 aliphatic rings. The summed E-state index contributed by atoms with van der Waals surface area (Å²) in [6, 6.07) is 13.8. The first-order valence-corrected chi connectivity index (χ1v) is 10.7. The molecule has 2 aromatic carbocycles. The molecule has 0 bridgehead atoms. The van der Waals surface area contributed by atoms with Gasteiger partial charge >= 0.3 is 5.69 Å². The molecule has 0 N–H and O–H groups in total. The van der Waals surface area contributed by atoms with E-state index in [9.17, 15) is 14.0 Å². The van der Waals surface area contributed by atoms with Crippen molar-refractivity contribution in [2.24, 2.45) is 13.0 Å². The summed E-state index contributed by atoms with van der Waals surface area (Å²) in [5, 5.41) is 0. The summed E-state index contributed by atoms with van der Waals surface area (Å²) < 4.78 is 23.9. The van der Waals surface area contributed by atoms with Gasteiger partial charge in [-0.05, 0) is 24.1 Å². The fourth-order valence-corrected chi connectivity index (χ4v) is 4.44. The highest BCUT2D eigenvalue weighted by atomic mass is 19.1. The van der Waals surface area contributed by atoms with Crippen molar-refractivity contribution in [1.82, 2.24) is 18.7 Å². The first kappa shape index (κ1) is 21.0. The Labute approximate surface area is 189 Å². The maximum absolute atomic E-state index is 14.3. The van der Waals surface area contributed by atoms with Gasteiger partial charge in [0.05, 0.1) is 13.7 Å². The summed E-state index contributed by atoms with van der Waals surface area (Å²) >= 11 is 0. The standard InChI is InChI=1S/C24H24FN5O3/c1-15-12-28(17-8-6-9-18(11-17)33-3)23-26-21-20(29(23)13-15)22(31)30(24(32)27(21)2)14-16-7-4-5-10-19(16)25/h4-11,15H,12-14H2,1-3H3/t15-/m0/s1. The summed E-state index contributed by atoms with van der Waals surface area (Å²) in [4.78, 5) is 33.3. The Balaban J connectivity index is 1.72. The van der Waals surface area contributed by atoms with Crippen LogP contribution in [0.25, 0.3) is 11.2 Å². The number of nitrogens with zero attached hydrogens (tertiary/aromatic N) is 5. The maximum Gasteiger partial charge on any atom is 0.332 e. The van der Waals surface area contributed by atoms with Crippen molar-refractivity contribution >= 4 is 22.8 Å². The number of imidazole rings is 1. The Morgan fingerprint density at radius 1 is 1.12 bits per heavy atom. The number of ether oxygens (including phenoxy) is 1. The molecule has 9 heteroatoms. The topological polar surface area (TPSA) is 74.3 Å². The Kier molecular flexibility index (Phi) is 5.03. The van der Waals surface area contributed by atoms with Gasteiger partial charge < -0.3 is 14.2 Å². The largest absolute Gasteiger partial charge is 0.497 e. The summed E-state index contributed by atoms with van der Waals surface area (Å²) in [5.41, 5.74) is 0.798. The first-order valence-electron chi connectivity index (χ1n) is 10.7. The molecule has 0 amide bonds. The molecule has 5 rings (SSSR count). The lowest BCUT2D eigenvalue weighted by atomic mass is 10.1. The normalized spacial score (nSPS) is 15.6. The zero-order valence-corrected chi connectivity index (χ0v) is 18.7. The lowest BCUT2D eigenvalue weighted by molar-refractivity contribution is 0.414. The molecular weight excluding hydrogens is 425 g/mol. The fourth-order valence-electron chi connectivity index (χ4n) is 4.44. The summed E-state index contributed by atoms with van der Waals surface area (Å²) in [6.45, 7) is 3.23. The minimum Gasteiger partial charge on any atom is -0.497 e. The van der Waals surface area contributed by atoms with E-state index in [0.29, 0.717) is 36.0 Å². The van der Waals surface area contributed by atoms with Gasteiger partial charge in [0, 0.05) is 37.5 Å². The van der Waals surface area contributed by atoms with Gasteiger partial charge in [-0.15, -0.1) is 0 Å². The van der Waals surface area contributed by atoms with Crippen molar-refractivity contribution in [3.8, 4) is 5.75 Å². The van der Waals surface area contributed by atoms with Crippen LogP contribution in [0.1, 0.15) is 12.5 Å². The molecule has 170 valence electrons. The second-order valence-corrected chi connectivity index (χ2v) is 8.44. The molecule has 8 nitrogen and oxygen atoms in total. The monoisotopic (exact) mass is 449 g/mol. The van der Waals surface area contributed by atoms with Crippen LogP contribution in [0, 0.1) is 11.7 Å². The predicted molar refractivity (Wildman–Crippen MR) is 124 cm³/mol. The van der Waals surface area contributed by atoms with Gasteiger partial charge in [0.2, 0.25) is 5.95 Å². The number of anilines is 2. The van der Waals surface area contributed by atoms with E-state index in [4.69, 9.17) is 9.72 Å². The van der Waals surface area contributed by atoms with Crippen molar-refractivity contribution in [3.63, 3.8) is 0 Å². The SMILES string of the molecule is COc1cccc(N2C[C@H](C)Cn3c2nc2c3c(=O)n(Cc3ccccc3F)c(=O)n2C)c1. The molecule has 0 aliphatic carbocycles. The average molecular weight is 449 g/mol. The van der Waals surface area contributed by atoms with Crippen molar-refractivity contribution in [3.05, 3.63) is 80.7 Å². The van der Waals surface area contributed by atoms with Crippen molar-refractivity contribution in [2.75, 3.05) is 18.6 Å². The van der Waals surface area contributed by atoms with Gasteiger partial charge in [-0.25, -0.2) is 9.18 Å². The van der Waals surface area contributed by atoms with Crippen molar-refractivity contribution < 1.29 is 9.13 Å². The minimum atomic E-state index is -0.535. The Hall–Kier alpha value is -3.88. The molecule has 3 heterocycles. The average Bonchev–Trinajstić information content (AvgIpc) is 3.20. The number of benzene rings is 2. The van der Waals surface area contributed by atoms with Crippen LogP contribution >= 0.6 is 0 Å². The zero-order valence-electron chi connectivity index (χ0n) is 18.7. The molecule has 0 radical (unpaired) electrons. The van der Waals surface area contributed by atoms with E-state index in [1.807, 2.05) is 33.7 Å². The lowest BCUT2D eigenvalue weighted by Gasteiger charge is -2.33. The molecule has 0 saturated heterocycles. The molecule has 0 saturated carbocycles. The lowest BCUT2D eigenvalue weighted by Crippen LogP contribution is -2.40. The van der Waals surface area contributed by atoms with E-state index in [1.54, 1.807) is 32.4 Å². The summed E-state index contributed by atoms with van der Waals surface area (Å²) in [5.74, 6) is 1.07. The highest BCUT2D eigenvalue weighted by Crippen LogP contribution is 2.34. The third-order valence-electron chi connectivity index (χ3n) is 6.09. The Bertz CT molecular complexity index is 1490. The van der Waals surface area contributed by atoms with Gasteiger partial charge in [0.25, 0.3) is 5.56 Å². The van der Waals surface area contributed by atoms with E-state index < -0.39 is 17.1 Å². The smallest absolute Gasteiger partial charge is 0.332 e. The number of hydrogen-bond acceptors (Lipinski definition) is 5. The highest BCUT2D eigenvalue weighted by molar-refractivity contribution is 5.77. The predicted octanol–water partition coefficient (Wildman–Crippen LogP) is 2.88. The Morgan fingerprint density at radius 2 is 1.91 bits per heavy atom. The van der Waals surface area contributed by atoms with E-state index in [-0.39, 0.29) is 18.0 Å². The maximum atomic E-state index is 14.3. The highest BCUT2D eigenvalue weighted by Gasteiger charge is 2.30. The second-order valence-electron chi connectivity index (χ2n) is 8.44. The van der Waals surface area contributed by atoms with Crippen LogP contribution in [0.2, 0.25) is 0 Å². The number of hydrogen-bond donors (Lipinski definition) is 0. The molecular formula is C24H24FN5O3. The number of aryl methyl sites for hydroxylation is 1. The van der Waals surface area contributed by atoms with Crippen molar-refractivity contribution in [1.29, 1.82) is 0 Å². The van der Waals surface area contributed by atoms with E-state index in [1.165, 1.54) is 10.6 Å². The summed E-state index contributed by atoms with van der Waals surface area (Å²) in [7, 11) is 3.20. The van der Waals surface area contributed by atoms with Gasteiger partial charge in [-0.3, -0.25) is 13.9 Å². The molecule has 33 heavy (non-hydrogen) atoms. The van der Waals surface area contributed by atoms with E-state index in [0.717, 1.165) is 10.3 Å². The third-order valence-corrected chi connectivity index (χ3v) is 6.09. The van der Waals surface area contributed by atoms with Gasteiger partial charge in [-0.1, -0.05) is 31.2 Å². The third kappa shape index (κ3) is 3.40. The quantitative estimate of drug-likeness (QED) is 0.479. The number of halogens is 1. The van der Waals surface area contributed by atoms with E-state index >= 15 is 0 Å². The molecule has 1 atom stereocenters. The van der Waals surface area contributed by atoms with Crippen LogP contribution in [0.4, 0.5) is 16.0 Å². The van der Waals surface area contributed by atoms with Crippen molar-refractivity contribution in [2.45, 2.75) is 20.0 Å². The van der Waals surface area contributed by atoms with Crippen LogP contribution in [0.3, 0.4) is 0 Å². The first-order chi connectivity index (χ1) is 15.9. The summed E-state index contributed by atoms with van der Waals surface area (Å²) in [6.07, 6.45) is 0. The number of methoxy groups -OCH3 is 1. The second kappa shape index (κ2) is 7.91. The Morgan fingerprint density at radius 3 is 2.67 bits per heavy atom. The molecule has 0 fully saturated rings. The number of fused-ring (bicyclic) bond motifs is 3. The molecule has 2 aromatic heterocycles. The van der Waals surface area contributed by atoms with E-state index in [2.05, 4.69) is 6.92 Å². The minimum absolute atomic E-state index is 0.149. The van der Waals surface area contributed by atoms with Crippen LogP contribution in [-0.4, -0.2) is 32.3 Å². The van der Waals surface area contributed by atoms with Crippen LogP contribution < -0.4 is 20.9 Å². The zero-order chi connectivity index (χ0) is 23.3. The van der Waals surface area contributed by atoms with Crippen LogP contribution in [0.5, 0.6) is 5.75 Å². The van der Waals surface area contributed by atoms with Crippen LogP contribution in [0.15, 0.2) is 58.1 Å². The molecule has 4 aromatic rings. The fraction of sp³-hybridized carbons (Fsp3) is 0.292. The van der Waals surface area contributed by atoms with Gasteiger partial charge in [-0.2, -0.15) is 4.98 Å². The molecule has 0 spiro atoms. The van der Waals surface area contributed by atoms with Crippen LogP contribution in [-0.2, 0) is 20.1 Å². The number of aromatic nitrogens is 4. The van der Waals surface area contributed by atoms with Gasteiger partial charge in [0.15, 0.2) is 11.2 Å².